The van der Waals surface area contributed by atoms with Gasteiger partial charge in [0.05, 0.1) is 5.33 Å². The lowest BCUT2D eigenvalue weighted by Gasteiger charge is -2.10. The summed E-state index contributed by atoms with van der Waals surface area (Å²) in [6.07, 6.45) is 0. The molecule has 0 aliphatic heterocycles. The minimum atomic E-state index is -0.0655. The quantitative estimate of drug-likeness (QED) is 0.806. The van der Waals surface area contributed by atoms with Crippen molar-refractivity contribution < 1.29 is 9.59 Å². The van der Waals surface area contributed by atoms with Crippen molar-refractivity contribution in [3.05, 3.63) is 35.4 Å². The topological polar surface area (TPSA) is 58.2 Å². The maximum atomic E-state index is 11.1. The highest BCUT2D eigenvalue weighted by atomic mass is 79.9. The molecule has 0 saturated heterocycles. The fourth-order valence-electron chi connectivity index (χ4n) is 1.36. The van der Waals surface area contributed by atoms with Crippen molar-refractivity contribution in [3.8, 4) is 0 Å². The summed E-state index contributed by atoms with van der Waals surface area (Å²) >= 11 is 3.09. The van der Waals surface area contributed by atoms with Crippen molar-refractivity contribution in [3.63, 3.8) is 0 Å². The van der Waals surface area contributed by atoms with Gasteiger partial charge >= 0.3 is 0 Å². The zero-order chi connectivity index (χ0) is 12.7. The number of halogens is 1. The summed E-state index contributed by atoms with van der Waals surface area (Å²) in [5, 5.41) is 5.81. The van der Waals surface area contributed by atoms with Crippen LogP contribution < -0.4 is 10.6 Å². The second kappa shape index (κ2) is 7.06. The molecule has 0 spiro atoms. The Balaban J connectivity index is 2.63. The van der Waals surface area contributed by atoms with Crippen LogP contribution >= 0.6 is 15.9 Å². The molecule has 92 valence electrons. The molecule has 2 amide bonds. The molecule has 0 radical (unpaired) electrons. The zero-order valence-electron chi connectivity index (χ0n) is 9.63. The Morgan fingerprint density at radius 1 is 1.12 bits per heavy atom. The predicted octanol–water partition coefficient (Wildman–Crippen LogP) is 1.33. The van der Waals surface area contributed by atoms with Gasteiger partial charge in [0.15, 0.2) is 0 Å². The third-order valence-electron chi connectivity index (χ3n) is 2.24. The number of hydrogen-bond acceptors (Lipinski definition) is 2. The number of carbonyl (C=O) groups is 2. The molecule has 17 heavy (non-hydrogen) atoms. The average Bonchev–Trinajstić information content (AvgIpc) is 2.34. The van der Waals surface area contributed by atoms with Crippen LogP contribution in [0.1, 0.15) is 18.1 Å². The summed E-state index contributed by atoms with van der Waals surface area (Å²) in [5.74, 6) is -0.122. The maximum Gasteiger partial charge on any atom is 0.230 e. The smallest absolute Gasteiger partial charge is 0.230 e. The number of nitrogens with one attached hydrogen (secondary N) is 2. The Hall–Kier alpha value is -1.36. The highest BCUT2D eigenvalue weighted by molar-refractivity contribution is 9.09. The summed E-state index contributed by atoms with van der Waals surface area (Å²) in [4.78, 5) is 22.0. The van der Waals surface area contributed by atoms with Crippen LogP contribution in [-0.4, -0.2) is 17.1 Å². The lowest BCUT2D eigenvalue weighted by molar-refractivity contribution is -0.119. The molecular formula is C12H15BrN2O2. The van der Waals surface area contributed by atoms with E-state index in [0.29, 0.717) is 18.4 Å². The monoisotopic (exact) mass is 298 g/mol. The second-order valence-electron chi connectivity index (χ2n) is 3.59. The first-order chi connectivity index (χ1) is 8.13. The van der Waals surface area contributed by atoms with Gasteiger partial charge in [-0.15, -0.1) is 0 Å². The number of rotatable bonds is 5. The first-order valence-corrected chi connectivity index (χ1v) is 6.39. The standard InChI is InChI=1S/C12H15BrN2O2/c1-9(16)14-7-10-4-2-3-5-11(10)8-15-12(17)6-13/h2-5H,6-8H2,1H3,(H,14,16)(H,15,17). The molecule has 0 atom stereocenters. The second-order valence-corrected chi connectivity index (χ2v) is 4.15. The van der Waals surface area contributed by atoms with Gasteiger partial charge in [0.25, 0.3) is 0 Å². The van der Waals surface area contributed by atoms with E-state index in [1.807, 2.05) is 24.3 Å². The van der Waals surface area contributed by atoms with E-state index in [2.05, 4.69) is 26.6 Å². The first-order valence-electron chi connectivity index (χ1n) is 5.27. The van der Waals surface area contributed by atoms with Crippen LogP contribution in [0.15, 0.2) is 24.3 Å². The molecule has 4 nitrogen and oxygen atoms in total. The summed E-state index contributed by atoms with van der Waals surface area (Å²) in [7, 11) is 0. The number of benzene rings is 1. The summed E-state index contributed by atoms with van der Waals surface area (Å²) in [6, 6.07) is 7.69. The molecule has 0 aliphatic rings. The van der Waals surface area contributed by atoms with Crippen LogP contribution in [-0.2, 0) is 22.7 Å². The van der Waals surface area contributed by atoms with Crippen molar-refractivity contribution in [1.29, 1.82) is 0 Å². The maximum absolute atomic E-state index is 11.1. The van der Waals surface area contributed by atoms with E-state index in [1.54, 1.807) is 0 Å². The van der Waals surface area contributed by atoms with Gasteiger partial charge in [-0.3, -0.25) is 9.59 Å². The highest BCUT2D eigenvalue weighted by Gasteiger charge is 2.04. The molecule has 0 aromatic heterocycles. The molecule has 0 fully saturated rings. The molecule has 5 heteroatoms. The van der Waals surface area contributed by atoms with Gasteiger partial charge in [-0.2, -0.15) is 0 Å². The lowest BCUT2D eigenvalue weighted by Crippen LogP contribution is -2.25. The third kappa shape index (κ3) is 4.99. The Kier molecular flexibility index (Phi) is 5.69. The minimum absolute atomic E-state index is 0.0562. The van der Waals surface area contributed by atoms with Gasteiger partial charge in [0, 0.05) is 20.0 Å². The molecule has 0 unspecified atom stereocenters. The molecule has 0 heterocycles. The van der Waals surface area contributed by atoms with E-state index in [0.717, 1.165) is 11.1 Å². The van der Waals surface area contributed by atoms with E-state index >= 15 is 0 Å². The molecular weight excluding hydrogens is 284 g/mol. The van der Waals surface area contributed by atoms with E-state index in [9.17, 15) is 9.59 Å². The van der Waals surface area contributed by atoms with Crippen LogP contribution in [0, 0.1) is 0 Å². The zero-order valence-corrected chi connectivity index (χ0v) is 11.2. The van der Waals surface area contributed by atoms with E-state index in [4.69, 9.17) is 0 Å². The molecule has 1 rings (SSSR count). The van der Waals surface area contributed by atoms with Crippen molar-refractivity contribution in [2.24, 2.45) is 0 Å². The Morgan fingerprint density at radius 2 is 1.65 bits per heavy atom. The van der Waals surface area contributed by atoms with Gasteiger partial charge in [-0.1, -0.05) is 40.2 Å². The summed E-state index contributed by atoms with van der Waals surface area (Å²) in [5.41, 5.74) is 2.02. The number of hydrogen-bond donors (Lipinski definition) is 2. The Morgan fingerprint density at radius 3 is 2.12 bits per heavy atom. The summed E-state index contributed by atoms with van der Waals surface area (Å²) < 4.78 is 0. The van der Waals surface area contributed by atoms with Crippen LogP contribution in [0.3, 0.4) is 0 Å². The molecule has 0 saturated carbocycles. The molecule has 1 aromatic rings. The number of carbonyl (C=O) groups excluding carboxylic acids is 2. The number of alkyl halides is 1. The van der Waals surface area contributed by atoms with Gasteiger partial charge in [-0.25, -0.2) is 0 Å². The van der Waals surface area contributed by atoms with Crippen molar-refractivity contribution in [2.45, 2.75) is 20.0 Å². The lowest BCUT2D eigenvalue weighted by atomic mass is 10.1. The average molecular weight is 299 g/mol. The van der Waals surface area contributed by atoms with E-state index in [1.165, 1.54) is 6.92 Å². The Bertz CT molecular complexity index is 407. The van der Waals surface area contributed by atoms with Crippen molar-refractivity contribution in [1.82, 2.24) is 10.6 Å². The van der Waals surface area contributed by atoms with Crippen LogP contribution in [0.5, 0.6) is 0 Å². The largest absolute Gasteiger partial charge is 0.352 e. The van der Waals surface area contributed by atoms with Gasteiger partial charge in [0.2, 0.25) is 11.8 Å². The van der Waals surface area contributed by atoms with Gasteiger partial charge in [0.1, 0.15) is 0 Å². The fraction of sp³-hybridized carbons (Fsp3) is 0.333. The minimum Gasteiger partial charge on any atom is -0.352 e. The van der Waals surface area contributed by atoms with Gasteiger partial charge in [-0.05, 0) is 11.1 Å². The SMILES string of the molecule is CC(=O)NCc1ccccc1CNC(=O)CBr. The van der Waals surface area contributed by atoms with Crippen LogP contribution in [0.2, 0.25) is 0 Å². The normalized spacial score (nSPS) is 9.76. The predicted molar refractivity (Wildman–Crippen MR) is 69.6 cm³/mol. The van der Waals surface area contributed by atoms with Gasteiger partial charge < -0.3 is 10.6 Å². The summed E-state index contributed by atoms with van der Waals surface area (Å²) in [6.45, 7) is 2.44. The molecule has 1 aromatic carbocycles. The molecule has 0 bridgehead atoms. The Labute approximate surface area is 109 Å². The van der Waals surface area contributed by atoms with Crippen LogP contribution in [0.4, 0.5) is 0 Å². The fourth-order valence-corrected chi connectivity index (χ4v) is 1.56. The first kappa shape index (κ1) is 13.7. The van der Waals surface area contributed by atoms with E-state index in [-0.39, 0.29) is 11.8 Å². The highest BCUT2D eigenvalue weighted by Crippen LogP contribution is 2.08. The van der Waals surface area contributed by atoms with Crippen molar-refractivity contribution in [2.75, 3.05) is 5.33 Å². The van der Waals surface area contributed by atoms with Crippen LogP contribution in [0.25, 0.3) is 0 Å². The third-order valence-corrected chi connectivity index (χ3v) is 2.75. The number of amides is 2. The molecule has 2 N–H and O–H groups in total. The van der Waals surface area contributed by atoms with Crippen molar-refractivity contribution >= 4 is 27.7 Å². The molecule has 0 aliphatic carbocycles. The van der Waals surface area contributed by atoms with E-state index < -0.39 is 0 Å².